The predicted molar refractivity (Wildman–Crippen MR) is 94.8 cm³/mol. The lowest BCUT2D eigenvalue weighted by Crippen LogP contribution is -2.32. The highest BCUT2D eigenvalue weighted by molar-refractivity contribution is 6.00. The Bertz CT molecular complexity index is 934. The first kappa shape index (κ1) is 16.3. The molecule has 3 aromatic rings. The summed E-state index contributed by atoms with van der Waals surface area (Å²) in [4.78, 5) is 33.7. The summed E-state index contributed by atoms with van der Waals surface area (Å²) in [7, 11) is 0. The van der Waals surface area contributed by atoms with Gasteiger partial charge in [-0.15, -0.1) is 0 Å². The molecule has 0 saturated carbocycles. The van der Waals surface area contributed by atoms with E-state index in [4.69, 9.17) is 0 Å². The zero-order chi connectivity index (χ0) is 18.1. The summed E-state index contributed by atoms with van der Waals surface area (Å²) in [5.41, 5.74) is 2.36. The lowest BCUT2D eigenvalue weighted by molar-refractivity contribution is -0.126. The molecular formula is C19H17FN4O2. The number of carbonyl (C=O) groups is 2. The van der Waals surface area contributed by atoms with Crippen molar-refractivity contribution in [2.24, 2.45) is 5.92 Å². The van der Waals surface area contributed by atoms with Crippen LogP contribution in [0, 0.1) is 11.7 Å². The SMILES string of the molecule is O=C(NCc1nc2ccccc2[nH]1)C1CC(=O)N(c2ccc(F)cc2)C1. The summed E-state index contributed by atoms with van der Waals surface area (Å²) in [5, 5.41) is 2.83. The number of nitrogens with one attached hydrogen (secondary N) is 2. The fourth-order valence-electron chi connectivity index (χ4n) is 3.16. The number of fused-ring (bicyclic) bond motifs is 1. The van der Waals surface area contributed by atoms with Crippen molar-refractivity contribution in [1.82, 2.24) is 15.3 Å². The standard InChI is InChI=1S/C19H17FN4O2/c20-13-5-7-14(8-6-13)24-11-12(9-18(24)25)19(26)21-10-17-22-15-3-1-2-4-16(15)23-17/h1-8,12H,9-11H2,(H,21,26)(H,22,23). The quantitative estimate of drug-likeness (QED) is 0.757. The third kappa shape index (κ3) is 3.15. The molecule has 132 valence electrons. The largest absolute Gasteiger partial charge is 0.349 e. The van der Waals surface area contributed by atoms with Crippen molar-refractivity contribution in [3.8, 4) is 0 Å². The van der Waals surface area contributed by atoms with E-state index in [2.05, 4.69) is 15.3 Å². The summed E-state index contributed by atoms with van der Waals surface area (Å²) in [6.45, 7) is 0.561. The number of carbonyl (C=O) groups excluding carboxylic acids is 2. The number of para-hydroxylation sites is 2. The fourth-order valence-corrected chi connectivity index (χ4v) is 3.16. The van der Waals surface area contributed by atoms with E-state index in [1.165, 1.54) is 17.0 Å². The molecule has 4 rings (SSSR count). The second kappa shape index (κ2) is 6.59. The van der Waals surface area contributed by atoms with Crippen molar-refractivity contribution in [3.05, 3.63) is 60.2 Å². The van der Waals surface area contributed by atoms with Crippen LogP contribution in [0.2, 0.25) is 0 Å². The van der Waals surface area contributed by atoms with Gasteiger partial charge in [-0.3, -0.25) is 9.59 Å². The lowest BCUT2D eigenvalue weighted by atomic mass is 10.1. The molecule has 0 radical (unpaired) electrons. The summed E-state index contributed by atoms with van der Waals surface area (Å²) in [6.07, 6.45) is 0.142. The Morgan fingerprint density at radius 3 is 2.77 bits per heavy atom. The molecule has 0 spiro atoms. The van der Waals surface area contributed by atoms with E-state index >= 15 is 0 Å². The molecule has 1 aliphatic heterocycles. The number of hydrogen-bond acceptors (Lipinski definition) is 3. The average Bonchev–Trinajstić information content (AvgIpc) is 3.23. The van der Waals surface area contributed by atoms with Gasteiger partial charge >= 0.3 is 0 Å². The summed E-state index contributed by atoms with van der Waals surface area (Å²) in [6, 6.07) is 13.3. The second-order valence-electron chi connectivity index (χ2n) is 6.30. The van der Waals surface area contributed by atoms with Gasteiger partial charge in [-0.25, -0.2) is 9.37 Å². The second-order valence-corrected chi connectivity index (χ2v) is 6.30. The number of imidazole rings is 1. The number of nitrogens with zero attached hydrogens (tertiary/aromatic N) is 2. The van der Waals surface area contributed by atoms with E-state index in [1.54, 1.807) is 12.1 Å². The van der Waals surface area contributed by atoms with Crippen LogP contribution in [0.1, 0.15) is 12.2 Å². The number of H-pyrrole nitrogens is 1. The highest BCUT2D eigenvalue weighted by atomic mass is 19.1. The summed E-state index contributed by atoms with van der Waals surface area (Å²) < 4.78 is 13.0. The number of aromatic nitrogens is 2. The number of halogens is 1. The molecule has 1 unspecified atom stereocenters. The van der Waals surface area contributed by atoms with Crippen LogP contribution in [0.5, 0.6) is 0 Å². The Hall–Kier alpha value is -3.22. The van der Waals surface area contributed by atoms with Crippen molar-refractivity contribution in [3.63, 3.8) is 0 Å². The summed E-state index contributed by atoms with van der Waals surface area (Å²) in [5.74, 6) is -0.458. The van der Waals surface area contributed by atoms with Crippen LogP contribution in [0.15, 0.2) is 48.5 Å². The Balaban J connectivity index is 1.39. The van der Waals surface area contributed by atoms with Crippen LogP contribution < -0.4 is 10.2 Å². The normalized spacial score (nSPS) is 17.0. The Morgan fingerprint density at radius 2 is 2.00 bits per heavy atom. The van der Waals surface area contributed by atoms with Crippen LogP contribution in [0.25, 0.3) is 11.0 Å². The van der Waals surface area contributed by atoms with Gasteiger partial charge < -0.3 is 15.2 Å². The van der Waals surface area contributed by atoms with Crippen LogP contribution in [-0.4, -0.2) is 28.3 Å². The van der Waals surface area contributed by atoms with Crippen molar-refractivity contribution in [2.75, 3.05) is 11.4 Å². The smallest absolute Gasteiger partial charge is 0.227 e. The van der Waals surface area contributed by atoms with Crippen molar-refractivity contribution in [2.45, 2.75) is 13.0 Å². The van der Waals surface area contributed by atoms with E-state index in [0.717, 1.165) is 11.0 Å². The van der Waals surface area contributed by atoms with E-state index in [9.17, 15) is 14.0 Å². The highest BCUT2D eigenvalue weighted by Crippen LogP contribution is 2.25. The van der Waals surface area contributed by atoms with Gasteiger partial charge in [0, 0.05) is 18.7 Å². The zero-order valence-corrected chi connectivity index (χ0v) is 13.9. The third-order valence-corrected chi connectivity index (χ3v) is 4.50. The first-order valence-corrected chi connectivity index (χ1v) is 8.37. The Labute approximate surface area is 149 Å². The zero-order valence-electron chi connectivity index (χ0n) is 13.9. The molecule has 2 heterocycles. The average molecular weight is 352 g/mol. The molecule has 0 aliphatic carbocycles. The number of rotatable bonds is 4. The first-order valence-electron chi connectivity index (χ1n) is 8.37. The lowest BCUT2D eigenvalue weighted by Gasteiger charge is -2.16. The maximum Gasteiger partial charge on any atom is 0.227 e. The molecule has 2 aromatic carbocycles. The first-order chi connectivity index (χ1) is 12.6. The van der Waals surface area contributed by atoms with E-state index in [1.807, 2.05) is 24.3 Å². The van der Waals surface area contributed by atoms with Gasteiger partial charge in [-0.05, 0) is 36.4 Å². The molecule has 1 fully saturated rings. The molecule has 26 heavy (non-hydrogen) atoms. The van der Waals surface area contributed by atoms with Crippen molar-refractivity contribution < 1.29 is 14.0 Å². The minimum atomic E-state index is -0.433. The Morgan fingerprint density at radius 1 is 1.23 bits per heavy atom. The molecule has 6 nitrogen and oxygen atoms in total. The highest BCUT2D eigenvalue weighted by Gasteiger charge is 2.35. The van der Waals surface area contributed by atoms with Crippen molar-refractivity contribution >= 4 is 28.5 Å². The van der Waals surface area contributed by atoms with Crippen LogP contribution in [-0.2, 0) is 16.1 Å². The van der Waals surface area contributed by atoms with Gasteiger partial charge in [-0.1, -0.05) is 12.1 Å². The van der Waals surface area contributed by atoms with Crippen LogP contribution in [0.3, 0.4) is 0 Å². The molecule has 1 atom stereocenters. The fraction of sp³-hybridized carbons (Fsp3) is 0.211. The minimum absolute atomic E-state index is 0.138. The van der Waals surface area contributed by atoms with Crippen LogP contribution >= 0.6 is 0 Å². The molecule has 1 aromatic heterocycles. The minimum Gasteiger partial charge on any atom is -0.349 e. The van der Waals surface area contributed by atoms with Gasteiger partial charge in [0.25, 0.3) is 0 Å². The number of anilines is 1. The van der Waals surface area contributed by atoms with Gasteiger partial charge in [0.1, 0.15) is 11.6 Å². The number of aromatic amines is 1. The van der Waals surface area contributed by atoms with Gasteiger partial charge in [-0.2, -0.15) is 0 Å². The molecule has 0 bridgehead atoms. The number of hydrogen-bond donors (Lipinski definition) is 2. The maximum atomic E-state index is 13.0. The van der Waals surface area contributed by atoms with E-state index in [0.29, 0.717) is 11.5 Å². The molecule has 1 saturated heterocycles. The van der Waals surface area contributed by atoms with Gasteiger partial charge in [0.05, 0.1) is 23.5 Å². The molecule has 7 heteroatoms. The summed E-state index contributed by atoms with van der Waals surface area (Å²) >= 11 is 0. The maximum absolute atomic E-state index is 13.0. The van der Waals surface area contributed by atoms with E-state index < -0.39 is 5.92 Å². The van der Waals surface area contributed by atoms with Crippen molar-refractivity contribution in [1.29, 1.82) is 0 Å². The Kier molecular flexibility index (Phi) is 4.12. The predicted octanol–water partition coefficient (Wildman–Crippen LogP) is 2.37. The van der Waals surface area contributed by atoms with Gasteiger partial charge in [0.15, 0.2) is 0 Å². The topological polar surface area (TPSA) is 78.1 Å². The van der Waals surface area contributed by atoms with E-state index in [-0.39, 0.29) is 37.1 Å². The molecular weight excluding hydrogens is 335 g/mol. The van der Waals surface area contributed by atoms with Crippen LogP contribution in [0.4, 0.5) is 10.1 Å². The number of benzene rings is 2. The molecule has 2 amide bonds. The van der Waals surface area contributed by atoms with Gasteiger partial charge in [0.2, 0.25) is 11.8 Å². The monoisotopic (exact) mass is 352 g/mol. The molecule has 1 aliphatic rings. The third-order valence-electron chi connectivity index (χ3n) is 4.50. The molecule has 2 N–H and O–H groups in total. The number of amides is 2.